The molecule has 1 fully saturated rings. The minimum Gasteiger partial charge on any atom is -0.495 e. The third kappa shape index (κ3) is 7.31. The van der Waals surface area contributed by atoms with Crippen molar-refractivity contribution in [2.45, 2.75) is 37.5 Å². The number of ether oxygens (including phenoxy) is 1. The Labute approximate surface area is 260 Å². The van der Waals surface area contributed by atoms with Crippen LogP contribution in [0.2, 0.25) is 0 Å². The molecule has 0 radical (unpaired) electrons. The molecule has 11 nitrogen and oxygen atoms in total. The Kier molecular flexibility index (Phi) is 9.23. The summed E-state index contributed by atoms with van der Waals surface area (Å²) in [7, 11) is 1.16. The molecule has 0 saturated carbocycles. The molecule has 1 aliphatic carbocycles. The number of carbonyl (C=O) groups excluding carboxylic acids is 1. The van der Waals surface area contributed by atoms with Crippen molar-refractivity contribution in [1.29, 1.82) is 0 Å². The van der Waals surface area contributed by atoms with Gasteiger partial charge in [0.1, 0.15) is 17.1 Å². The molecule has 1 aliphatic heterocycles. The number of nitrogens with one attached hydrogen (secondary N) is 3. The summed E-state index contributed by atoms with van der Waals surface area (Å²) in [6.45, 7) is 1.65. The summed E-state index contributed by atoms with van der Waals surface area (Å²) < 4.78 is 74.0. The van der Waals surface area contributed by atoms with Gasteiger partial charge in [-0.3, -0.25) is 4.79 Å². The van der Waals surface area contributed by atoms with Crippen LogP contribution >= 0.6 is 0 Å². The van der Waals surface area contributed by atoms with Crippen LogP contribution in [-0.4, -0.2) is 80.1 Å². The van der Waals surface area contributed by atoms with E-state index < -0.39 is 39.7 Å². The van der Waals surface area contributed by atoms with Crippen LogP contribution in [-0.2, 0) is 27.4 Å². The first kappa shape index (κ1) is 32.4. The van der Waals surface area contributed by atoms with Crippen LogP contribution in [0.15, 0.2) is 48.7 Å². The third-order valence-corrected chi connectivity index (χ3v) is 9.60. The van der Waals surface area contributed by atoms with Crippen molar-refractivity contribution >= 4 is 39.1 Å². The Morgan fingerprint density at radius 1 is 1.13 bits per heavy atom. The number of aromatic nitrogens is 2. The second-order valence-corrected chi connectivity index (χ2v) is 13.5. The number of hydrogen-bond acceptors (Lipinski definition) is 9. The number of hydrogen-bond donors (Lipinski definition) is 3. The Morgan fingerprint density at radius 2 is 1.84 bits per heavy atom. The first-order chi connectivity index (χ1) is 21.2. The molecule has 0 spiro atoms. The van der Waals surface area contributed by atoms with E-state index in [1.807, 2.05) is 13.1 Å². The van der Waals surface area contributed by atoms with E-state index in [2.05, 4.69) is 30.8 Å². The van der Waals surface area contributed by atoms with Crippen LogP contribution in [0.3, 0.4) is 0 Å². The molecule has 242 valence electrons. The van der Waals surface area contributed by atoms with Gasteiger partial charge >= 0.3 is 6.18 Å². The summed E-state index contributed by atoms with van der Waals surface area (Å²) in [6.07, 6.45) is -1.31. The molecule has 2 atom stereocenters. The number of halogens is 3. The molecular formula is C30H36F3N7O4S. The number of benzene rings is 2. The highest BCUT2D eigenvalue weighted by molar-refractivity contribution is 7.88. The first-order valence-corrected chi connectivity index (χ1v) is 16.3. The highest BCUT2D eigenvalue weighted by Gasteiger charge is 2.41. The van der Waals surface area contributed by atoms with Crippen LogP contribution in [0.1, 0.15) is 35.6 Å². The van der Waals surface area contributed by atoms with Gasteiger partial charge in [-0.05, 0) is 68.7 Å². The quantitative estimate of drug-likeness (QED) is 0.308. The third-order valence-electron chi connectivity index (χ3n) is 8.33. The fraction of sp³-hybridized carbons (Fsp3) is 0.433. The van der Waals surface area contributed by atoms with Crippen molar-refractivity contribution in [3.05, 3.63) is 65.4 Å². The van der Waals surface area contributed by atoms with Crippen LogP contribution in [0.25, 0.3) is 0 Å². The molecule has 1 saturated heterocycles. The number of amides is 1. The van der Waals surface area contributed by atoms with Crippen molar-refractivity contribution < 1.29 is 31.1 Å². The number of likely N-dealkylation sites (N-methyl/N-ethyl adjacent to an activating group) is 1. The van der Waals surface area contributed by atoms with Crippen LogP contribution in [0, 0.1) is 5.92 Å². The topological polar surface area (TPSA) is 129 Å². The van der Waals surface area contributed by atoms with E-state index in [1.165, 1.54) is 14.2 Å². The fourth-order valence-corrected chi connectivity index (χ4v) is 6.49. The maximum absolute atomic E-state index is 14.1. The molecule has 2 heterocycles. The van der Waals surface area contributed by atoms with E-state index in [1.54, 1.807) is 36.4 Å². The van der Waals surface area contributed by atoms with Gasteiger partial charge in [0.05, 0.1) is 31.1 Å². The molecule has 15 heteroatoms. The number of methoxy groups -OCH3 is 1. The van der Waals surface area contributed by atoms with Crippen LogP contribution < -0.4 is 20.7 Å². The largest absolute Gasteiger partial charge is 0.495 e. The zero-order valence-electron chi connectivity index (χ0n) is 25.4. The summed E-state index contributed by atoms with van der Waals surface area (Å²) in [5, 5.41) is 8.73. The standard InChI is InChI=1S/C30H36F3N7O4S/c1-39-13-11-18(12-14-39)28(41)35-20-9-10-25(44-3)23(16-20)37-29-34-17-22(30(31,32)33)27(38-29)36-24-15-19-7-5-6-8-21(19)26(24)40(2)45(4,42)43/h5-10,16-18,24,26H,11-15H2,1-4H3,(H,35,41)(H2,34,36,37,38)/t24-,26-/m1/s1. The van der Waals surface area contributed by atoms with E-state index in [0.29, 0.717) is 28.9 Å². The molecule has 0 bridgehead atoms. The maximum atomic E-state index is 14.1. The number of likely N-dealkylation sites (tertiary alicyclic amines) is 1. The predicted octanol–water partition coefficient (Wildman–Crippen LogP) is 4.50. The zero-order chi connectivity index (χ0) is 32.5. The van der Waals surface area contributed by atoms with Crippen molar-refractivity contribution in [3.63, 3.8) is 0 Å². The van der Waals surface area contributed by atoms with Crippen LogP contribution in [0.5, 0.6) is 5.75 Å². The van der Waals surface area contributed by atoms with E-state index >= 15 is 0 Å². The van der Waals surface area contributed by atoms with Crippen LogP contribution in [0.4, 0.5) is 36.3 Å². The average Bonchev–Trinajstić information content (AvgIpc) is 3.33. The van der Waals surface area contributed by atoms with Crippen molar-refractivity contribution in [1.82, 2.24) is 19.2 Å². The number of piperidine rings is 1. The average molecular weight is 648 g/mol. The van der Waals surface area contributed by atoms with Gasteiger partial charge in [-0.25, -0.2) is 13.4 Å². The number of sulfonamides is 1. The van der Waals surface area contributed by atoms with Crippen molar-refractivity contribution in [3.8, 4) is 5.75 Å². The van der Waals surface area contributed by atoms with E-state index in [-0.39, 0.29) is 24.2 Å². The van der Waals surface area contributed by atoms with Gasteiger partial charge in [0, 0.05) is 24.8 Å². The highest BCUT2D eigenvalue weighted by atomic mass is 32.2. The predicted molar refractivity (Wildman–Crippen MR) is 165 cm³/mol. The maximum Gasteiger partial charge on any atom is 0.421 e. The lowest BCUT2D eigenvalue weighted by Crippen LogP contribution is -2.39. The molecule has 3 aromatic rings. The Bertz CT molecular complexity index is 1660. The molecule has 2 aliphatic rings. The van der Waals surface area contributed by atoms with E-state index in [0.717, 1.165) is 42.1 Å². The Hall–Kier alpha value is -3.95. The van der Waals surface area contributed by atoms with Gasteiger partial charge in [-0.1, -0.05) is 24.3 Å². The van der Waals surface area contributed by atoms with Gasteiger partial charge in [-0.15, -0.1) is 0 Å². The van der Waals surface area contributed by atoms with Gasteiger partial charge in [-0.2, -0.15) is 22.5 Å². The van der Waals surface area contributed by atoms with Gasteiger partial charge < -0.3 is 25.6 Å². The summed E-state index contributed by atoms with van der Waals surface area (Å²) in [4.78, 5) is 23.2. The summed E-state index contributed by atoms with van der Waals surface area (Å²) >= 11 is 0. The fourth-order valence-electron chi connectivity index (χ4n) is 5.81. The molecule has 3 N–H and O–H groups in total. The lowest BCUT2D eigenvalue weighted by Gasteiger charge is -2.30. The molecule has 45 heavy (non-hydrogen) atoms. The van der Waals surface area contributed by atoms with Gasteiger partial charge in [0.15, 0.2) is 0 Å². The van der Waals surface area contributed by atoms with Gasteiger partial charge in [0.2, 0.25) is 21.9 Å². The van der Waals surface area contributed by atoms with E-state index in [9.17, 15) is 26.4 Å². The minimum atomic E-state index is -4.79. The minimum absolute atomic E-state index is 0.109. The number of nitrogens with zero attached hydrogens (tertiary/aromatic N) is 4. The number of anilines is 4. The van der Waals surface area contributed by atoms with Gasteiger partial charge in [0.25, 0.3) is 0 Å². The lowest BCUT2D eigenvalue weighted by atomic mass is 9.96. The second kappa shape index (κ2) is 12.8. The molecule has 5 rings (SSSR count). The first-order valence-electron chi connectivity index (χ1n) is 14.4. The number of carbonyl (C=O) groups is 1. The normalized spacial score (nSPS) is 19.3. The summed E-state index contributed by atoms with van der Waals surface area (Å²) in [5.74, 6) is -0.547. The molecule has 0 unspecified atom stereocenters. The smallest absolute Gasteiger partial charge is 0.421 e. The monoisotopic (exact) mass is 647 g/mol. The van der Waals surface area contributed by atoms with Crippen molar-refractivity contribution in [2.75, 3.05) is 56.5 Å². The number of rotatable bonds is 9. The summed E-state index contributed by atoms with van der Waals surface area (Å²) in [6, 6.07) is 10.5. The Morgan fingerprint density at radius 3 is 2.51 bits per heavy atom. The number of fused-ring (bicyclic) bond motifs is 1. The number of alkyl halides is 3. The Balaban J connectivity index is 1.43. The SMILES string of the molecule is COc1ccc(NC(=O)C2CCN(C)CC2)cc1Nc1ncc(C(F)(F)F)c(N[C@@H]2Cc3ccccc3[C@H]2N(C)S(C)(=O)=O)n1. The molecular weight excluding hydrogens is 611 g/mol. The molecule has 1 aromatic heterocycles. The summed E-state index contributed by atoms with van der Waals surface area (Å²) in [5.41, 5.74) is 1.22. The van der Waals surface area contributed by atoms with Crippen molar-refractivity contribution in [2.24, 2.45) is 5.92 Å². The molecule has 1 amide bonds. The lowest BCUT2D eigenvalue weighted by molar-refractivity contribution is -0.137. The van der Waals surface area contributed by atoms with E-state index in [4.69, 9.17) is 4.74 Å². The second-order valence-electron chi connectivity index (χ2n) is 11.4. The zero-order valence-corrected chi connectivity index (χ0v) is 26.2. The molecule has 2 aromatic carbocycles. The highest BCUT2D eigenvalue weighted by Crippen LogP contribution is 2.41.